The summed E-state index contributed by atoms with van der Waals surface area (Å²) in [6.07, 6.45) is 7.18. The van der Waals surface area contributed by atoms with Crippen molar-refractivity contribution < 1.29 is 5.11 Å². The molecule has 2 heteroatoms. The number of benzene rings is 1. The van der Waals surface area contributed by atoms with Gasteiger partial charge in [0.05, 0.1) is 6.10 Å². The van der Waals surface area contributed by atoms with Gasteiger partial charge in [-0.25, -0.2) is 0 Å². The van der Waals surface area contributed by atoms with Crippen molar-refractivity contribution in [2.24, 2.45) is 5.92 Å². The Morgan fingerprint density at radius 3 is 2.55 bits per heavy atom. The molecule has 0 radical (unpaired) electrons. The van der Waals surface area contributed by atoms with Crippen LogP contribution in [0.3, 0.4) is 0 Å². The van der Waals surface area contributed by atoms with Gasteiger partial charge in [0.1, 0.15) is 0 Å². The number of aliphatic hydroxyl groups is 1. The fraction of sp³-hybridized carbons (Fsp3) is 0.667. The second-order valence-electron chi connectivity index (χ2n) is 6.09. The summed E-state index contributed by atoms with van der Waals surface area (Å²) in [5.74, 6) is 0.922. The maximum atomic E-state index is 9.86. The summed E-state index contributed by atoms with van der Waals surface area (Å²) >= 11 is 0. The molecule has 2 atom stereocenters. The summed E-state index contributed by atoms with van der Waals surface area (Å²) in [7, 11) is 0. The van der Waals surface area contributed by atoms with E-state index in [1.165, 1.54) is 50.9 Å². The minimum absolute atomic E-state index is 0.317. The third-order valence-electron chi connectivity index (χ3n) is 4.57. The van der Waals surface area contributed by atoms with Crippen molar-refractivity contribution in [1.29, 1.82) is 0 Å². The number of hydrogen-bond acceptors (Lipinski definition) is 2. The van der Waals surface area contributed by atoms with Crippen molar-refractivity contribution in [2.45, 2.75) is 58.5 Å². The van der Waals surface area contributed by atoms with Crippen molar-refractivity contribution >= 4 is 5.69 Å². The van der Waals surface area contributed by atoms with E-state index < -0.39 is 0 Å². The van der Waals surface area contributed by atoms with E-state index in [0.29, 0.717) is 0 Å². The monoisotopic (exact) mass is 275 g/mol. The van der Waals surface area contributed by atoms with E-state index in [2.05, 4.69) is 36.1 Å². The zero-order valence-corrected chi connectivity index (χ0v) is 13.0. The van der Waals surface area contributed by atoms with Gasteiger partial charge in [0, 0.05) is 18.8 Å². The molecule has 0 amide bonds. The molecular weight excluding hydrogens is 246 g/mol. The summed E-state index contributed by atoms with van der Waals surface area (Å²) in [6.45, 7) is 6.66. The standard InChI is InChI=1S/C18H29NO/c1-3-6-15-7-5-13-19(14-12-15)17-10-8-16(9-11-17)18(20)4-2/h8-11,15,18,20H,3-7,12-14H2,1-2H3/t15?,18-/m0/s1. The van der Waals surface area contributed by atoms with Crippen LogP contribution in [0.25, 0.3) is 0 Å². The van der Waals surface area contributed by atoms with E-state index in [0.717, 1.165) is 17.9 Å². The lowest BCUT2D eigenvalue weighted by Gasteiger charge is -2.23. The first kappa shape index (κ1) is 15.4. The first-order valence-electron chi connectivity index (χ1n) is 8.27. The van der Waals surface area contributed by atoms with Crippen molar-refractivity contribution in [3.05, 3.63) is 29.8 Å². The molecule has 1 unspecified atom stereocenters. The summed E-state index contributed by atoms with van der Waals surface area (Å²) in [6, 6.07) is 8.51. The van der Waals surface area contributed by atoms with Crippen LogP contribution < -0.4 is 4.90 Å². The van der Waals surface area contributed by atoms with Crippen LogP contribution in [0.15, 0.2) is 24.3 Å². The Morgan fingerprint density at radius 1 is 1.15 bits per heavy atom. The Kier molecular flexibility index (Phi) is 5.90. The van der Waals surface area contributed by atoms with Gasteiger partial charge in [-0.3, -0.25) is 0 Å². The van der Waals surface area contributed by atoms with Crippen molar-refractivity contribution in [1.82, 2.24) is 0 Å². The van der Waals surface area contributed by atoms with Crippen LogP contribution in [0.5, 0.6) is 0 Å². The third kappa shape index (κ3) is 3.99. The summed E-state index contributed by atoms with van der Waals surface area (Å²) in [4.78, 5) is 2.51. The van der Waals surface area contributed by atoms with Gasteiger partial charge in [-0.05, 0) is 49.3 Å². The SMILES string of the molecule is CCCC1CCCN(c2ccc([C@@H](O)CC)cc2)CC1. The Labute approximate surface area is 123 Å². The molecule has 1 fully saturated rings. The van der Waals surface area contributed by atoms with Crippen LogP contribution >= 0.6 is 0 Å². The zero-order valence-electron chi connectivity index (χ0n) is 13.0. The van der Waals surface area contributed by atoms with Crippen molar-refractivity contribution in [3.8, 4) is 0 Å². The van der Waals surface area contributed by atoms with Gasteiger partial charge in [-0.1, -0.05) is 38.8 Å². The first-order chi connectivity index (χ1) is 9.74. The van der Waals surface area contributed by atoms with Crippen LogP contribution in [0.4, 0.5) is 5.69 Å². The minimum atomic E-state index is -0.317. The highest BCUT2D eigenvalue weighted by Crippen LogP contribution is 2.26. The van der Waals surface area contributed by atoms with Gasteiger partial charge < -0.3 is 10.0 Å². The molecule has 0 spiro atoms. The van der Waals surface area contributed by atoms with E-state index >= 15 is 0 Å². The topological polar surface area (TPSA) is 23.5 Å². The lowest BCUT2D eigenvalue weighted by atomic mass is 9.96. The number of nitrogens with zero attached hydrogens (tertiary/aromatic N) is 1. The summed E-state index contributed by atoms with van der Waals surface area (Å²) in [5, 5.41) is 9.86. The number of anilines is 1. The maximum Gasteiger partial charge on any atom is 0.0787 e. The number of hydrogen-bond donors (Lipinski definition) is 1. The normalized spacial score (nSPS) is 21.6. The molecule has 112 valence electrons. The molecule has 20 heavy (non-hydrogen) atoms. The first-order valence-corrected chi connectivity index (χ1v) is 8.27. The highest BCUT2D eigenvalue weighted by Gasteiger charge is 2.16. The molecule has 1 aliphatic heterocycles. The minimum Gasteiger partial charge on any atom is -0.388 e. The average molecular weight is 275 g/mol. The van der Waals surface area contributed by atoms with E-state index in [9.17, 15) is 5.11 Å². The van der Waals surface area contributed by atoms with Crippen molar-refractivity contribution in [3.63, 3.8) is 0 Å². The van der Waals surface area contributed by atoms with Crippen LogP contribution in [0.2, 0.25) is 0 Å². The molecular formula is C18H29NO. The predicted octanol–water partition coefficient (Wildman–Crippen LogP) is 4.54. The Hall–Kier alpha value is -1.02. The predicted molar refractivity (Wildman–Crippen MR) is 86.2 cm³/mol. The molecule has 0 aliphatic carbocycles. The second-order valence-corrected chi connectivity index (χ2v) is 6.09. The highest BCUT2D eigenvalue weighted by molar-refractivity contribution is 5.48. The molecule has 2 rings (SSSR count). The zero-order chi connectivity index (χ0) is 14.4. The maximum absolute atomic E-state index is 9.86. The Bertz CT molecular complexity index is 387. The molecule has 1 saturated heterocycles. The number of aliphatic hydroxyl groups excluding tert-OH is 1. The molecule has 0 saturated carbocycles. The molecule has 1 aromatic carbocycles. The van der Waals surface area contributed by atoms with Gasteiger partial charge in [0.2, 0.25) is 0 Å². The second kappa shape index (κ2) is 7.68. The molecule has 2 nitrogen and oxygen atoms in total. The van der Waals surface area contributed by atoms with Gasteiger partial charge in [-0.15, -0.1) is 0 Å². The lowest BCUT2D eigenvalue weighted by molar-refractivity contribution is 0.173. The molecule has 0 bridgehead atoms. The van der Waals surface area contributed by atoms with Crippen LogP contribution in [-0.4, -0.2) is 18.2 Å². The van der Waals surface area contributed by atoms with E-state index in [1.807, 2.05) is 6.92 Å². The fourth-order valence-corrected chi connectivity index (χ4v) is 3.26. The fourth-order valence-electron chi connectivity index (χ4n) is 3.26. The van der Waals surface area contributed by atoms with Gasteiger partial charge in [0.15, 0.2) is 0 Å². The quantitative estimate of drug-likeness (QED) is 0.853. The van der Waals surface area contributed by atoms with Gasteiger partial charge in [-0.2, -0.15) is 0 Å². The van der Waals surface area contributed by atoms with E-state index in [1.54, 1.807) is 0 Å². The van der Waals surface area contributed by atoms with Gasteiger partial charge in [0.25, 0.3) is 0 Å². The van der Waals surface area contributed by atoms with Crippen LogP contribution in [-0.2, 0) is 0 Å². The average Bonchev–Trinajstić information content (AvgIpc) is 2.73. The Morgan fingerprint density at radius 2 is 1.90 bits per heavy atom. The Balaban J connectivity index is 1.97. The summed E-state index contributed by atoms with van der Waals surface area (Å²) < 4.78 is 0. The molecule has 1 heterocycles. The smallest absolute Gasteiger partial charge is 0.0787 e. The van der Waals surface area contributed by atoms with E-state index in [4.69, 9.17) is 0 Å². The van der Waals surface area contributed by atoms with Gasteiger partial charge >= 0.3 is 0 Å². The van der Waals surface area contributed by atoms with Crippen molar-refractivity contribution in [2.75, 3.05) is 18.0 Å². The molecule has 1 aliphatic rings. The van der Waals surface area contributed by atoms with E-state index in [-0.39, 0.29) is 6.10 Å². The van der Waals surface area contributed by atoms with Crippen LogP contribution in [0, 0.1) is 5.92 Å². The summed E-state index contributed by atoms with van der Waals surface area (Å²) in [5.41, 5.74) is 2.35. The van der Waals surface area contributed by atoms with Crippen LogP contribution in [0.1, 0.15) is 64.0 Å². The number of rotatable bonds is 5. The largest absolute Gasteiger partial charge is 0.388 e. The molecule has 0 aromatic heterocycles. The lowest BCUT2D eigenvalue weighted by Crippen LogP contribution is -2.24. The molecule has 1 aromatic rings. The highest BCUT2D eigenvalue weighted by atomic mass is 16.3. The third-order valence-corrected chi connectivity index (χ3v) is 4.57. The molecule has 1 N–H and O–H groups in total.